The lowest BCUT2D eigenvalue weighted by Gasteiger charge is -2.37. The number of hydrogen-bond acceptors (Lipinski definition) is 3. The third-order valence-electron chi connectivity index (χ3n) is 4.55. The predicted molar refractivity (Wildman–Crippen MR) is 78.2 cm³/mol. The van der Waals surface area contributed by atoms with Crippen molar-refractivity contribution in [3.05, 3.63) is 23.8 Å². The molecule has 1 aliphatic heterocycles. The summed E-state index contributed by atoms with van der Waals surface area (Å²) in [6.07, 6.45) is 1.37. The van der Waals surface area contributed by atoms with Crippen LogP contribution < -0.4 is 14.8 Å². The first-order valence-electron chi connectivity index (χ1n) is 6.83. The van der Waals surface area contributed by atoms with Gasteiger partial charge in [-0.2, -0.15) is 0 Å². The molecule has 1 saturated heterocycles. The van der Waals surface area contributed by atoms with Crippen molar-refractivity contribution in [3.63, 3.8) is 0 Å². The van der Waals surface area contributed by atoms with Gasteiger partial charge in [0.05, 0.1) is 14.2 Å². The van der Waals surface area contributed by atoms with Crippen molar-refractivity contribution in [1.29, 1.82) is 0 Å². The van der Waals surface area contributed by atoms with Gasteiger partial charge in [-0.05, 0) is 38.0 Å². The first kappa shape index (κ1) is 14.7. The van der Waals surface area contributed by atoms with Crippen molar-refractivity contribution in [2.45, 2.75) is 39.2 Å². The quantitative estimate of drug-likeness (QED) is 0.920. The number of nitrogens with one attached hydrogen (secondary N) is 1. The van der Waals surface area contributed by atoms with Crippen LogP contribution in [-0.2, 0) is 11.2 Å². The molecule has 0 aliphatic carbocycles. The fourth-order valence-electron chi connectivity index (χ4n) is 2.84. The minimum atomic E-state index is -0.211. The number of benzene rings is 1. The second-order valence-corrected chi connectivity index (χ2v) is 6.28. The summed E-state index contributed by atoms with van der Waals surface area (Å²) in [5.74, 6) is 1.57. The molecule has 0 bridgehead atoms. The molecule has 1 N–H and O–H groups in total. The zero-order valence-electron chi connectivity index (χ0n) is 12.9. The maximum atomic E-state index is 11.7. The second-order valence-electron chi connectivity index (χ2n) is 6.28. The number of methoxy groups -OCH3 is 2. The zero-order valence-corrected chi connectivity index (χ0v) is 12.9. The standard InChI is InChI=1S/C16H23NO3/c1-15(2)16(3,10-14(18)17-15)9-11-6-7-12(19-4)13(8-11)20-5/h6-8H,9-10H2,1-5H3,(H,17,18). The molecule has 0 saturated carbocycles. The van der Waals surface area contributed by atoms with E-state index in [9.17, 15) is 4.79 Å². The Hall–Kier alpha value is -1.71. The van der Waals surface area contributed by atoms with Gasteiger partial charge in [0, 0.05) is 17.4 Å². The average Bonchev–Trinajstić information content (AvgIpc) is 2.57. The highest BCUT2D eigenvalue weighted by atomic mass is 16.5. The zero-order chi connectivity index (χ0) is 15.0. The first-order valence-corrected chi connectivity index (χ1v) is 6.83. The van der Waals surface area contributed by atoms with Crippen molar-refractivity contribution in [1.82, 2.24) is 5.32 Å². The molecule has 4 heteroatoms. The number of carbonyl (C=O) groups excluding carboxylic acids is 1. The Kier molecular flexibility index (Phi) is 3.67. The summed E-state index contributed by atoms with van der Waals surface area (Å²) in [5.41, 5.74) is 0.829. The Balaban J connectivity index is 2.28. The van der Waals surface area contributed by atoms with E-state index in [2.05, 4.69) is 26.1 Å². The molecule has 4 nitrogen and oxygen atoms in total. The van der Waals surface area contributed by atoms with Crippen LogP contribution in [-0.4, -0.2) is 25.7 Å². The Labute approximate surface area is 120 Å². The molecule has 1 fully saturated rings. The molecule has 0 radical (unpaired) electrons. The number of hydrogen-bond donors (Lipinski definition) is 1. The van der Waals surface area contributed by atoms with Gasteiger partial charge in [0.25, 0.3) is 0 Å². The molecular weight excluding hydrogens is 254 g/mol. The van der Waals surface area contributed by atoms with Crippen molar-refractivity contribution in [2.24, 2.45) is 5.41 Å². The van der Waals surface area contributed by atoms with Crippen LogP contribution in [0.4, 0.5) is 0 Å². The van der Waals surface area contributed by atoms with Gasteiger partial charge in [-0.25, -0.2) is 0 Å². The summed E-state index contributed by atoms with van der Waals surface area (Å²) in [7, 11) is 3.26. The molecule has 0 aromatic heterocycles. The number of amides is 1. The average molecular weight is 277 g/mol. The fraction of sp³-hybridized carbons (Fsp3) is 0.562. The summed E-state index contributed by atoms with van der Waals surface area (Å²) < 4.78 is 10.6. The molecule has 1 atom stereocenters. The molecule has 1 amide bonds. The summed E-state index contributed by atoms with van der Waals surface area (Å²) in [6.45, 7) is 6.32. The summed E-state index contributed by atoms with van der Waals surface area (Å²) in [5, 5.41) is 3.06. The van der Waals surface area contributed by atoms with E-state index in [0.717, 1.165) is 23.5 Å². The Morgan fingerprint density at radius 1 is 1.15 bits per heavy atom. The highest BCUT2D eigenvalue weighted by Crippen LogP contribution is 2.43. The smallest absolute Gasteiger partial charge is 0.221 e. The van der Waals surface area contributed by atoms with E-state index < -0.39 is 0 Å². The van der Waals surface area contributed by atoms with E-state index >= 15 is 0 Å². The lowest BCUT2D eigenvalue weighted by atomic mass is 9.70. The highest BCUT2D eigenvalue weighted by Gasteiger charge is 2.48. The summed E-state index contributed by atoms with van der Waals surface area (Å²) in [4.78, 5) is 11.7. The van der Waals surface area contributed by atoms with E-state index in [1.807, 2.05) is 18.2 Å². The lowest BCUT2D eigenvalue weighted by Crippen LogP contribution is -2.46. The maximum Gasteiger partial charge on any atom is 0.221 e. The molecule has 1 aromatic carbocycles. The van der Waals surface area contributed by atoms with Crippen LogP contribution in [0.1, 0.15) is 32.8 Å². The molecule has 110 valence electrons. The molecule has 1 heterocycles. The number of carbonyl (C=O) groups is 1. The molecular formula is C16H23NO3. The van der Waals surface area contributed by atoms with Gasteiger partial charge in [-0.1, -0.05) is 13.0 Å². The van der Waals surface area contributed by atoms with Gasteiger partial charge in [-0.3, -0.25) is 4.79 Å². The Bertz CT molecular complexity index is 524. The van der Waals surface area contributed by atoms with E-state index in [4.69, 9.17) is 9.47 Å². The van der Waals surface area contributed by atoms with Gasteiger partial charge >= 0.3 is 0 Å². The minimum Gasteiger partial charge on any atom is -0.493 e. The van der Waals surface area contributed by atoms with Gasteiger partial charge < -0.3 is 14.8 Å². The van der Waals surface area contributed by atoms with E-state index in [1.165, 1.54) is 0 Å². The van der Waals surface area contributed by atoms with Gasteiger partial charge in [0.15, 0.2) is 11.5 Å². The van der Waals surface area contributed by atoms with Gasteiger partial charge in [0.2, 0.25) is 5.91 Å². The number of ether oxygens (including phenoxy) is 2. The summed E-state index contributed by atoms with van der Waals surface area (Å²) in [6, 6.07) is 5.93. The fourth-order valence-corrected chi connectivity index (χ4v) is 2.84. The van der Waals surface area contributed by atoms with E-state index in [1.54, 1.807) is 14.2 Å². The molecule has 20 heavy (non-hydrogen) atoms. The predicted octanol–water partition coefficient (Wildman–Crippen LogP) is 2.55. The van der Waals surface area contributed by atoms with E-state index in [-0.39, 0.29) is 16.9 Å². The van der Waals surface area contributed by atoms with Crippen molar-refractivity contribution in [2.75, 3.05) is 14.2 Å². The Morgan fingerprint density at radius 3 is 2.30 bits per heavy atom. The van der Waals surface area contributed by atoms with Crippen molar-refractivity contribution < 1.29 is 14.3 Å². The second kappa shape index (κ2) is 5.00. The maximum absolute atomic E-state index is 11.7. The SMILES string of the molecule is COc1ccc(CC2(C)CC(=O)NC2(C)C)cc1OC. The van der Waals surface area contributed by atoms with Crippen LogP contribution in [0.25, 0.3) is 0 Å². The third-order valence-corrected chi connectivity index (χ3v) is 4.55. The molecule has 1 unspecified atom stereocenters. The van der Waals surface area contributed by atoms with Crippen molar-refractivity contribution >= 4 is 5.91 Å². The van der Waals surface area contributed by atoms with Crippen molar-refractivity contribution in [3.8, 4) is 11.5 Å². The van der Waals surface area contributed by atoms with Crippen LogP contribution in [0, 0.1) is 5.41 Å². The highest BCUT2D eigenvalue weighted by molar-refractivity contribution is 5.80. The van der Waals surface area contributed by atoms with Gasteiger partial charge in [0.1, 0.15) is 0 Å². The molecule has 1 aliphatic rings. The largest absolute Gasteiger partial charge is 0.493 e. The van der Waals surface area contributed by atoms with Crippen LogP contribution in [0.5, 0.6) is 11.5 Å². The Morgan fingerprint density at radius 2 is 1.80 bits per heavy atom. The minimum absolute atomic E-state index is 0.107. The monoisotopic (exact) mass is 277 g/mol. The topological polar surface area (TPSA) is 47.6 Å². The third kappa shape index (κ3) is 2.47. The molecule has 0 spiro atoms. The molecule has 1 aromatic rings. The normalized spacial score (nSPS) is 24.4. The van der Waals surface area contributed by atoms with Crippen LogP contribution >= 0.6 is 0 Å². The van der Waals surface area contributed by atoms with Gasteiger partial charge in [-0.15, -0.1) is 0 Å². The van der Waals surface area contributed by atoms with Crippen LogP contribution in [0.3, 0.4) is 0 Å². The summed E-state index contributed by atoms with van der Waals surface area (Å²) >= 11 is 0. The van der Waals surface area contributed by atoms with Crippen LogP contribution in [0.2, 0.25) is 0 Å². The molecule has 2 rings (SSSR count). The lowest BCUT2D eigenvalue weighted by molar-refractivity contribution is -0.119. The number of rotatable bonds is 4. The first-order chi connectivity index (χ1) is 9.31. The van der Waals surface area contributed by atoms with E-state index in [0.29, 0.717) is 6.42 Å². The van der Waals surface area contributed by atoms with Crippen LogP contribution in [0.15, 0.2) is 18.2 Å².